The molecular formula is C88H153NO8. The molecule has 0 radical (unpaired) electrons. The molecule has 0 amide bonds. The second kappa shape index (κ2) is 77.4. The van der Waals surface area contributed by atoms with Crippen LogP contribution in [0.3, 0.4) is 0 Å². The predicted octanol–water partition coefficient (Wildman–Crippen LogP) is 24.9. The van der Waals surface area contributed by atoms with E-state index in [0.29, 0.717) is 17.4 Å². The van der Waals surface area contributed by atoms with E-state index in [1.54, 1.807) is 0 Å². The van der Waals surface area contributed by atoms with Crippen molar-refractivity contribution in [1.29, 1.82) is 0 Å². The van der Waals surface area contributed by atoms with E-state index in [9.17, 15) is 19.5 Å². The van der Waals surface area contributed by atoms with Crippen LogP contribution in [-0.2, 0) is 33.3 Å². The quantitative estimate of drug-likeness (QED) is 0.0195. The van der Waals surface area contributed by atoms with Crippen LogP contribution < -0.4 is 5.11 Å². The maximum atomic E-state index is 13.0. The summed E-state index contributed by atoms with van der Waals surface area (Å²) in [6.07, 6.45) is 108. The molecule has 0 rings (SSSR count). The monoisotopic (exact) mass is 1350 g/mol. The number of nitrogens with zero attached hydrogens (tertiary/aromatic N) is 1. The molecule has 0 aliphatic rings. The van der Waals surface area contributed by atoms with Crippen molar-refractivity contribution in [2.75, 3.05) is 47.5 Å². The summed E-state index contributed by atoms with van der Waals surface area (Å²) in [4.78, 5) is 37.6. The number of carbonyl (C=O) groups is 3. The number of quaternary nitrogens is 1. The Hall–Kier alpha value is -4.31. The molecule has 0 bridgehead atoms. The molecule has 97 heavy (non-hydrogen) atoms. The van der Waals surface area contributed by atoms with Crippen LogP contribution in [-0.4, -0.2) is 82.3 Å². The first-order chi connectivity index (χ1) is 47.6. The predicted molar refractivity (Wildman–Crippen MR) is 417 cm³/mol. The summed E-state index contributed by atoms with van der Waals surface area (Å²) in [6.45, 7) is 4.65. The smallest absolute Gasteiger partial charge is 0.306 e. The molecular weight excluding hydrogens is 1200 g/mol. The molecule has 0 heterocycles. The molecule has 0 spiro atoms. The van der Waals surface area contributed by atoms with Gasteiger partial charge in [-0.1, -0.05) is 360 Å². The molecule has 0 aromatic rings. The summed E-state index contributed by atoms with van der Waals surface area (Å²) in [5, 5.41) is 11.9. The average molecular weight is 1350 g/mol. The van der Waals surface area contributed by atoms with Gasteiger partial charge in [-0.3, -0.25) is 9.59 Å². The Balaban J connectivity index is 4.00. The van der Waals surface area contributed by atoms with Gasteiger partial charge in [0.1, 0.15) is 13.2 Å². The lowest BCUT2D eigenvalue weighted by molar-refractivity contribution is -0.870. The van der Waals surface area contributed by atoms with Gasteiger partial charge in [-0.25, -0.2) is 0 Å². The van der Waals surface area contributed by atoms with Gasteiger partial charge in [0.05, 0.1) is 40.3 Å². The van der Waals surface area contributed by atoms with Crippen LogP contribution in [0, 0.1) is 0 Å². The standard InChI is InChI=1S/C88H153NO8/c1-6-8-10-12-14-16-18-20-22-24-26-28-30-32-34-36-38-39-40-41-42-43-44-45-46-47-49-50-52-54-56-58-60-62-64-66-68-70-72-74-76-78-85(90)95-82-84(83-96-88(87(92)93)94-81-80-89(3,4)5)97-86(91)79-77-75-73-71-69-67-65-63-61-59-57-55-53-51-48-37-35-33-31-29-27-25-23-21-19-17-15-13-11-9-7-2/h9,11,15,17-18,20-21,23-24,26-27,29-30,32-33,35,48,51,55,57,84,88H,6-8,10,12-14,16,19,22,25,28,31,34,36-47,49-50,52-54,56,58-83H2,1-5H3/b11-9-,17-15-,20-18-,23-21-,26-24-,29-27-,32-30-,35-33-,51-48-,57-55-. The minimum Gasteiger partial charge on any atom is -0.545 e. The van der Waals surface area contributed by atoms with Gasteiger partial charge >= 0.3 is 11.9 Å². The number of likely N-dealkylation sites (N-methyl/N-ethyl adjacent to an activating group) is 1. The van der Waals surface area contributed by atoms with E-state index < -0.39 is 24.3 Å². The number of hydrogen-bond acceptors (Lipinski definition) is 8. The molecule has 0 aliphatic carbocycles. The Labute approximate surface area is 599 Å². The Morgan fingerprint density at radius 1 is 0.320 bits per heavy atom. The van der Waals surface area contributed by atoms with Gasteiger partial charge in [-0.05, 0) is 109 Å². The van der Waals surface area contributed by atoms with Gasteiger partial charge in [0.25, 0.3) is 0 Å². The minimum atomic E-state index is -1.63. The Morgan fingerprint density at radius 3 is 0.876 bits per heavy atom. The number of rotatable bonds is 75. The molecule has 2 unspecified atom stereocenters. The van der Waals surface area contributed by atoms with Crippen molar-refractivity contribution in [3.8, 4) is 0 Å². The first-order valence-corrected chi connectivity index (χ1v) is 40.7. The Bertz CT molecular complexity index is 2020. The van der Waals surface area contributed by atoms with Crippen molar-refractivity contribution in [3.05, 3.63) is 122 Å². The molecule has 9 nitrogen and oxygen atoms in total. The van der Waals surface area contributed by atoms with Crippen molar-refractivity contribution in [2.24, 2.45) is 0 Å². The zero-order valence-corrected chi connectivity index (χ0v) is 63.9. The van der Waals surface area contributed by atoms with E-state index in [-0.39, 0.29) is 38.6 Å². The highest BCUT2D eigenvalue weighted by Crippen LogP contribution is 2.19. The fourth-order valence-corrected chi connectivity index (χ4v) is 11.5. The fourth-order valence-electron chi connectivity index (χ4n) is 11.5. The normalized spacial score (nSPS) is 13.3. The van der Waals surface area contributed by atoms with Gasteiger partial charge in [0.15, 0.2) is 12.4 Å². The van der Waals surface area contributed by atoms with Crippen LogP contribution in [0.4, 0.5) is 0 Å². The lowest BCUT2D eigenvalue weighted by Gasteiger charge is -2.26. The van der Waals surface area contributed by atoms with Crippen LogP contribution >= 0.6 is 0 Å². The minimum absolute atomic E-state index is 0.143. The maximum absolute atomic E-state index is 13.0. The lowest BCUT2D eigenvalue weighted by atomic mass is 10.0. The largest absolute Gasteiger partial charge is 0.545 e. The molecule has 2 atom stereocenters. The second-order valence-electron chi connectivity index (χ2n) is 28.3. The SMILES string of the molecule is CC/C=C\C/C=C\C/C=C\C/C=C\C/C=C\C/C=C\C/C=C\CCCCCCCCCCCC(=O)OC(COC(=O)CCCCCCCCCCCCCCCCCCCCCCCCCCCC/C=C\C/C=C\C/C=C\CCCCCCC)COC(OCC[N+](C)(C)C)C(=O)[O-]. The van der Waals surface area contributed by atoms with E-state index in [2.05, 4.69) is 135 Å². The summed E-state index contributed by atoms with van der Waals surface area (Å²) >= 11 is 0. The van der Waals surface area contributed by atoms with Gasteiger partial charge in [0, 0.05) is 12.8 Å². The molecule has 0 aromatic heterocycles. The number of aliphatic carboxylic acids is 1. The van der Waals surface area contributed by atoms with E-state index in [4.69, 9.17) is 18.9 Å². The molecule has 0 N–H and O–H groups in total. The number of ether oxygens (including phenoxy) is 4. The highest BCUT2D eigenvalue weighted by molar-refractivity contribution is 5.70. The van der Waals surface area contributed by atoms with E-state index >= 15 is 0 Å². The summed E-state index contributed by atoms with van der Waals surface area (Å²) in [6, 6.07) is 0. The van der Waals surface area contributed by atoms with Crippen LogP contribution in [0.2, 0.25) is 0 Å². The van der Waals surface area contributed by atoms with Crippen molar-refractivity contribution < 1.29 is 42.9 Å². The van der Waals surface area contributed by atoms with E-state index in [1.165, 1.54) is 225 Å². The number of allylic oxidation sites excluding steroid dienone is 20. The first-order valence-electron chi connectivity index (χ1n) is 40.7. The van der Waals surface area contributed by atoms with Crippen molar-refractivity contribution in [3.63, 3.8) is 0 Å². The number of unbranched alkanes of at least 4 members (excludes halogenated alkanes) is 40. The zero-order valence-electron chi connectivity index (χ0n) is 63.9. The third-order valence-electron chi connectivity index (χ3n) is 17.7. The first kappa shape index (κ1) is 92.7. The summed E-state index contributed by atoms with van der Waals surface area (Å²) in [7, 11) is 5.94. The third kappa shape index (κ3) is 78.9. The molecule has 0 saturated carbocycles. The zero-order chi connectivity index (χ0) is 70.4. The summed E-state index contributed by atoms with van der Waals surface area (Å²) in [5.74, 6) is -2.28. The van der Waals surface area contributed by atoms with Crippen molar-refractivity contribution in [2.45, 2.75) is 373 Å². The number of carbonyl (C=O) groups excluding carboxylic acids is 3. The molecule has 0 aliphatic heterocycles. The number of esters is 2. The summed E-state index contributed by atoms with van der Waals surface area (Å²) in [5.41, 5.74) is 0. The van der Waals surface area contributed by atoms with Gasteiger partial charge in [-0.15, -0.1) is 0 Å². The Kier molecular flexibility index (Phi) is 74.0. The van der Waals surface area contributed by atoms with E-state index in [1.807, 2.05) is 21.1 Å². The molecule has 0 aromatic carbocycles. The van der Waals surface area contributed by atoms with Crippen LogP contribution in [0.25, 0.3) is 0 Å². The number of hydrogen-bond donors (Lipinski definition) is 0. The van der Waals surface area contributed by atoms with Gasteiger partial charge < -0.3 is 33.3 Å². The van der Waals surface area contributed by atoms with Crippen LogP contribution in [0.1, 0.15) is 361 Å². The fraction of sp³-hybridized carbons (Fsp3) is 0.739. The van der Waals surface area contributed by atoms with Crippen LogP contribution in [0.15, 0.2) is 122 Å². The molecule has 558 valence electrons. The third-order valence-corrected chi connectivity index (χ3v) is 17.7. The van der Waals surface area contributed by atoms with Gasteiger partial charge in [0.2, 0.25) is 0 Å². The molecule has 9 heteroatoms. The second-order valence-corrected chi connectivity index (χ2v) is 28.3. The number of carboxylic acid groups (broad SMARTS) is 1. The Morgan fingerprint density at radius 2 is 0.588 bits per heavy atom. The van der Waals surface area contributed by atoms with Crippen LogP contribution in [0.5, 0.6) is 0 Å². The topological polar surface area (TPSA) is 111 Å². The average Bonchev–Trinajstić information content (AvgIpc) is 2.39. The van der Waals surface area contributed by atoms with E-state index in [0.717, 1.165) is 103 Å². The highest BCUT2D eigenvalue weighted by atomic mass is 16.7. The molecule has 0 fully saturated rings. The number of carboxylic acids is 1. The van der Waals surface area contributed by atoms with Crippen molar-refractivity contribution >= 4 is 17.9 Å². The maximum Gasteiger partial charge on any atom is 0.306 e. The summed E-state index contributed by atoms with van der Waals surface area (Å²) < 4.78 is 22.9. The molecule has 0 saturated heterocycles. The lowest BCUT2D eigenvalue weighted by Crippen LogP contribution is -2.44. The van der Waals surface area contributed by atoms with Crippen molar-refractivity contribution in [1.82, 2.24) is 0 Å². The highest BCUT2D eigenvalue weighted by Gasteiger charge is 2.22. The van der Waals surface area contributed by atoms with Gasteiger partial charge in [-0.2, -0.15) is 0 Å².